The Bertz CT molecular complexity index is 575. The van der Waals surface area contributed by atoms with Crippen molar-refractivity contribution >= 4 is 11.8 Å². The minimum atomic E-state index is -0.431. The molecule has 0 aliphatic carbocycles. The van der Waals surface area contributed by atoms with E-state index < -0.39 is 6.61 Å². The molecule has 0 saturated carbocycles. The standard InChI is InChI=1S/C18H24N2O3/c21-14-17(23)19-11-4-8-18(10-12-19)9-7-16(22)20(18)13-15-5-2-1-3-6-15/h1-3,5-6,21H,4,7-14H2/t18-/m0/s1. The minimum absolute atomic E-state index is 0.128. The minimum Gasteiger partial charge on any atom is -0.387 e. The van der Waals surface area contributed by atoms with Gasteiger partial charge in [0.25, 0.3) is 0 Å². The Morgan fingerprint density at radius 3 is 2.65 bits per heavy atom. The summed E-state index contributed by atoms with van der Waals surface area (Å²) in [5.74, 6) is 0.0109. The van der Waals surface area contributed by atoms with Crippen LogP contribution in [0.4, 0.5) is 0 Å². The van der Waals surface area contributed by atoms with E-state index in [-0.39, 0.29) is 17.4 Å². The summed E-state index contributed by atoms with van der Waals surface area (Å²) in [7, 11) is 0. The van der Waals surface area contributed by atoms with Gasteiger partial charge in [-0.25, -0.2) is 0 Å². The molecule has 3 rings (SSSR count). The Hall–Kier alpha value is -1.88. The van der Waals surface area contributed by atoms with Crippen molar-refractivity contribution in [3.8, 4) is 0 Å². The van der Waals surface area contributed by atoms with Crippen molar-refractivity contribution in [1.82, 2.24) is 9.80 Å². The Morgan fingerprint density at radius 2 is 1.91 bits per heavy atom. The number of carbonyl (C=O) groups excluding carboxylic acids is 2. The first-order valence-electron chi connectivity index (χ1n) is 8.38. The summed E-state index contributed by atoms with van der Waals surface area (Å²) in [6.45, 7) is 1.51. The van der Waals surface area contributed by atoms with Gasteiger partial charge in [0.1, 0.15) is 6.61 Å². The average Bonchev–Trinajstić information content (AvgIpc) is 2.77. The van der Waals surface area contributed by atoms with Gasteiger partial charge in [-0.2, -0.15) is 0 Å². The van der Waals surface area contributed by atoms with Gasteiger partial charge in [-0.3, -0.25) is 9.59 Å². The molecular formula is C18H24N2O3. The number of hydrogen-bond donors (Lipinski definition) is 1. The molecule has 1 aromatic rings. The molecule has 2 aliphatic rings. The van der Waals surface area contributed by atoms with E-state index in [1.165, 1.54) is 0 Å². The number of carbonyl (C=O) groups is 2. The zero-order valence-electron chi connectivity index (χ0n) is 13.4. The number of amides is 2. The summed E-state index contributed by atoms with van der Waals surface area (Å²) in [6, 6.07) is 10.1. The number of hydrogen-bond acceptors (Lipinski definition) is 3. The van der Waals surface area contributed by atoms with Crippen LogP contribution in [0.2, 0.25) is 0 Å². The van der Waals surface area contributed by atoms with Gasteiger partial charge in [-0.1, -0.05) is 30.3 Å². The lowest BCUT2D eigenvalue weighted by Crippen LogP contribution is -2.46. The lowest BCUT2D eigenvalue weighted by molar-refractivity contribution is -0.134. The molecule has 2 amide bonds. The van der Waals surface area contributed by atoms with Crippen LogP contribution in [0, 0.1) is 0 Å². The Labute approximate surface area is 136 Å². The SMILES string of the molecule is O=C(CO)N1CCC[C@]2(CCC(=O)N2Cc2ccccc2)CC1. The van der Waals surface area contributed by atoms with E-state index in [9.17, 15) is 9.59 Å². The smallest absolute Gasteiger partial charge is 0.248 e. The molecule has 124 valence electrons. The van der Waals surface area contributed by atoms with Crippen molar-refractivity contribution in [1.29, 1.82) is 0 Å². The highest BCUT2D eigenvalue weighted by atomic mass is 16.3. The largest absolute Gasteiger partial charge is 0.387 e. The van der Waals surface area contributed by atoms with Gasteiger partial charge >= 0.3 is 0 Å². The van der Waals surface area contributed by atoms with Crippen LogP contribution >= 0.6 is 0 Å². The summed E-state index contributed by atoms with van der Waals surface area (Å²) >= 11 is 0. The van der Waals surface area contributed by atoms with Gasteiger partial charge in [-0.05, 0) is 31.2 Å². The van der Waals surface area contributed by atoms with Gasteiger partial charge in [0.2, 0.25) is 11.8 Å². The van der Waals surface area contributed by atoms with Crippen LogP contribution in [0.5, 0.6) is 0 Å². The first-order valence-corrected chi connectivity index (χ1v) is 8.38. The lowest BCUT2D eigenvalue weighted by Gasteiger charge is -2.38. The molecule has 0 radical (unpaired) electrons. The van der Waals surface area contributed by atoms with E-state index >= 15 is 0 Å². The van der Waals surface area contributed by atoms with Crippen molar-refractivity contribution < 1.29 is 14.7 Å². The normalized spacial score (nSPS) is 25.0. The predicted octanol–water partition coefficient (Wildman–Crippen LogP) is 1.55. The zero-order valence-corrected chi connectivity index (χ0v) is 13.4. The number of nitrogens with zero attached hydrogens (tertiary/aromatic N) is 2. The Balaban J connectivity index is 1.76. The molecule has 1 spiro atoms. The molecule has 2 heterocycles. The van der Waals surface area contributed by atoms with E-state index in [0.717, 1.165) is 31.2 Å². The highest BCUT2D eigenvalue weighted by Crippen LogP contribution is 2.40. The third-order valence-corrected chi connectivity index (χ3v) is 5.27. The van der Waals surface area contributed by atoms with Crippen molar-refractivity contribution in [3.05, 3.63) is 35.9 Å². The Morgan fingerprint density at radius 1 is 1.13 bits per heavy atom. The summed E-state index contributed by atoms with van der Waals surface area (Å²) < 4.78 is 0. The van der Waals surface area contributed by atoms with Gasteiger partial charge in [0.15, 0.2) is 0 Å². The monoisotopic (exact) mass is 316 g/mol. The van der Waals surface area contributed by atoms with Crippen LogP contribution in [0.15, 0.2) is 30.3 Å². The topological polar surface area (TPSA) is 60.9 Å². The van der Waals surface area contributed by atoms with Crippen LogP contribution in [-0.4, -0.2) is 52.0 Å². The van der Waals surface area contributed by atoms with Crippen molar-refractivity contribution in [2.45, 2.75) is 44.2 Å². The molecule has 5 heteroatoms. The third-order valence-electron chi connectivity index (χ3n) is 5.27. The first kappa shape index (κ1) is 16.0. The summed E-state index contributed by atoms with van der Waals surface area (Å²) in [6.07, 6.45) is 4.09. The van der Waals surface area contributed by atoms with Gasteiger partial charge in [0, 0.05) is 31.6 Å². The second-order valence-electron chi connectivity index (χ2n) is 6.58. The van der Waals surface area contributed by atoms with Crippen molar-refractivity contribution in [2.75, 3.05) is 19.7 Å². The van der Waals surface area contributed by atoms with Crippen molar-refractivity contribution in [3.63, 3.8) is 0 Å². The molecule has 0 aromatic heterocycles. The fourth-order valence-electron chi connectivity index (χ4n) is 3.94. The van der Waals surface area contributed by atoms with Gasteiger partial charge < -0.3 is 14.9 Å². The number of aliphatic hydroxyl groups excluding tert-OH is 1. The van der Waals surface area contributed by atoms with Crippen LogP contribution in [0.25, 0.3) is 0 Å². The maximum atomic E-state index is 12.4. The average molecular weight is 316 g/mol. The van der Waals surface area contributed by atoms with Crippen LogP contribution in [-0.2, 0) is 16.1 Å². The van der Waals surface area contributed by atoms with Crippen LogP contribution in [0.3, 0.4) is 0 Å². The molecule has 23 heavy (non-hydrogen) atoms. The molecule has 5 nitrogen and oxygen atoms in total. The van der Waals surface area contributed by atoms with E-state index in [4.69, 9.17) is 5.11 Å². The highest BCUT2D eigenvalue weighted by molar-refractivity contribution is 5.80. The summed E-state index contributed by atoms with van der Waals surface area (Å²) in [5.41, 5.74) is 1.02. The first-order chi connectivity index (χ1) is 11.1. The summed E-state index contributed by atoms with van der Waals surface area (Å²) in [4.78, 5) is 28.0. The fraction of sp³-hybridized carbons (Fsp3) is 0.556. The maximum Gasteiger partial charge on any atom is 0.248 e. The fourth-order valence-corrected chi connectivity index (χ4v) is 3.94. The van der Waals surface area contributed by atoms with E-state index in [1.54, 1.807) is 4.90 Å². The lowest BCUT2D eigenvalue weighted by atomic mass is 9.87. The quantitative estimate of drug-likeness (QED) is 0.920. The van der Waals surface area contributed by atoms with Gasteiger partial charge in [-0.15, -0.1) is 0 Å². The second-order valence-corrected chi connectivity index (χ2v) is 6.58. The predicted molar refractivity (Wildman–Crippen MR) is 86.5 cm³/mol. The highest BCUT2D eigenvalue weighted by Gasteiger charge is 2.45. The molecule has 1 atom stereocenters. The molecule has 2 fully saturated rings. The number of likely N-dealkylation sites (tertiary alicyclic amines) is 2. The van der Waals surface area contributed by atoms with E-state index in [2.05, 4.69) is 12.1 Å². The molecule has 2 aliphatic heterocycles. The molecule has 0 unspecified atom stereocenters. The van der Waals surface area contributed by atoms with Crippen LogP contribution in [0.1, 0.15) is 37.7 Å². The molecule has 1 aromatic carbocycles. The molecule has 2 saturated heterocycles. The van der Waals surface area contributed by atoms with E-state index in [0.29, 0.717) is 26.1 Å². The molecule has 1 N–H and O–H groups in total. The number of rotatable bonds is 3. The summed E-state index contributed by atoms with van der Waals surface area (Å²) in [5, 5.41) is 9.07. The van der Waals surface area contributed by atoms with Crippen molar-refractivity contribution in [2.24, 2.45) is 0 Å². The number of benzene rings is 1. The van der Waals surface area contributed by atoms with E-state index in [1.807, 2.05) is 23.1 Å². The molecular weight excluding hydrogens is 292 g/mol. The zero-order chi connectivity index (χ0) is 16.3. The third kappa shape index (κ3) is 3.24. The number of aliphatic hydroxyl groups is 1. The van der Waals surface area contributed by atoms with Gasteiger partial charge in [0.05, 0.1) is 0 Å². The molecule has 0 bridgehead atoms. The van der Waals surface area contributed by atoms with Crippen LogP contribution < -0.4 is 0 Å². The second kappa shape index (κ2) is 6.71. The Kier molecular flexibility index (Phi) is 4.66. The maximum absolute atomic E-state index is 12.4.